The van der Waals surface area contributed by atoms with Crippen molar-refractivity contribution >= 4 is 17.5 Å². The molecule has 2 atom stereocenters. The van der Waals surface area contributed by atoms with Crippen molar-refractivity contribution in [3.05, 3.63) is 66.5 Å². The average Bonchev–Trinajstić information content (AvgIpc) is 3.35. The third kappa shape index (κ3) is 4.04. The maximum absolute atomic E-state index is 14.4. The number of nitrogens with zero attached hydrogens (tertiary/aromatic N) is 4. The number of anilines is 2. The second-order valence-corrected chi connectivity index (χ2v) is 6.96. The van der Waals surface area contributed by atoms with Gasteiger partial charge in [-0.25, -0.2) is 14.4 Å². The lowest BCUT2D eigenvalue weighted by Gasteiger charge is -2.25. The molecular weight excluding hydrogens is 375 g/mol. The topological polar surface area (TPSA) is 109 Å². The number of rotatable bonds is 5. The molecule has 4 N–H and O–H groups in total. The molecule has 3 aromatic rings. The van der Waals surface area contributed by atoms with Gasteiger partial charge in [-0.05, 0) is 36.8 Å². The fraction of sp³-hybridized carbons (Fsp3) is 0.250. The van der Waals surface area contributed by atoms with Crippen molar-refractivity contribution in [2.45, 2.75) is 18.6 Å². The molecule has 0 aliphatic carbocycles. The molecule has 8 nitrogen and oxygen atoms in total. The van der Waals surface area contributed by atoms with E-state index in [9.17, 15) is 14.3 Å². The predicted molar refractivity (Wildman–Crippen MR) is 106 cm³/mol. The SMILES string of the molecule is Nc1cc(N2C[C@H](O)C[C@@H]2CNC(=O)c2ccc(-n3cccc3)c(F)c2)ncn1. The van der Waals surface area contributed by atoms with Gasteiger partial charge in [0.15, 0.2) is 0 Å². The van der Waals surface area contributed by atoms with Crippen LogP contribution in [0.15, 0.2) is 55.1 Å². The lowest BCUT2D eigenvalue weighted by molar-refractivity contribution is 0.0949. The summed E-state index contributed by atoms with van der Waals surface area (Å²) in [5.74, 6) is 0.0579. The molecule has 0 spiro atoms. The zero-order chi connectivity index (χ0) is 20.4. The van der Waals surface area contributed by atoms with E-state index in [4.69, 9.17) is 5.73 Å². The molecule has 1 aliphatic rings. The Balaban J connectivity index is 1.44. The van der Waals surface area contributed by atoms with Crippen LogP contribution < -0.4 is 16.0 Å². The minimum atomic E-state index is -0.536. The van der Waals surface area contributed by atoms with Crippen LogP contribution in [0.3, 0.4) is 0 Å². The molecule has 1 saturated heterocycles. The van der Waals surface area contributed by atoms with Gasteiger partial charge < -0.3 is 25.6 Å². The number of aliphatic hydroxyl groups excluding tert-OH is 1. The summed E-state index contributed by atoms with van der Waals surface area (Å²) in [7, 11) is 0. The number of nitrogens with two attached hydrogens (primary N) is 1. The van der Waals surface area contributed by atoms with Crippen molar-refractivity contribution in [3.63, 3.8) is 0 Å². The highest BCUT2D eigenvalue weighted by molar-refractivity contribution is 5.94. The molecule has 4 rings (SSSR count). The van der Waals surface area contributed by atoms with Crippen LogP contribution in [-0.2, 0) is 0 Å². The van der Waals surface area contributed by atoms with Crippen LogP contribution >= 0.6 is 0 Å². The maximum Gasteiger partial charge on any atom is 0.251 e. The molecule has 1 fully saturated rings. The van der Waals surface area contributed by atoms with Crippen LogP contribution in [0.4, 0.5) is 16.0 Å². The zero-order valence-electron chi connectivity index (χ0n) is 15.6. The number of hydrogen-bond donors (Lipinski definition) is 3. The maximum atomic E-state index is 14.4. The molecule has 0 unspecified atom stereocenters. The standard InChI is InChI=1S/C20H21FN6O2/c21-16-7-13(3-4-17(16)26-5-1-2-6-26)20(29)23-10-14-8-15(28)11-27(14)19-9-18(22)24-12-25-19/h1-7,9,12,14-15,28H,8,10-11H2,(H,23,29)(H2,22,24,25)/t14-,15-/m1/s1. The molecule has 1 amide bonds. The molecule has 29 heavy (non-hydrogen) atoms. The van der Waals surface area contributed by atoms with Crippen molar-refractivity contribution < 1.29 is 14.3 Å². The summed E-state index contributed by atoms with van der Waals surface area (Å²) < 4.78 is 16.1. The minimum Gasteiger partial charge on any atom is -0.391 e. The Bertz CT molecular complexity index is 1010. The van der Waals surface area contributed by atoms with Crippen molar-refractivity contribution in [3.8, 4) is 5.69 Å². The van der Waals surface area contributed by atoms with Gasteiger partial charge >= 0.3 is 0 Å². The van der Waals surface area contributed by atoms with Crippen molar-refractivity contribution in [2.24, 2.45) is 0 Å². The number of carbonyl (C=O) groups is 1. The highest BCUT2D eigenvalue weighted by Gasteiger charge is 2.32. The summed E-state index contributed by atoms with van der Waals surface area (Å²) >= 11 is 0. The Hall–Kier alpha value is -3.46. The highest BCUT2D eigenvalue weighted by atomic mass is 19.1. The zero-order valence-corrected chi connectivity index (χ0v) is 15.6. The van der Waals surface area contributed by atoms with E-state index < -0.39 is 11.9 Å². The van der Waals surface area contributed by atoms with Crippen LogP contribution in [0.5, 0.6) is 0 Å². The van der Waals surface area contributed by atoms with Gasteiger partial charge in [-0.3, -0.25) is 4.79 Å². The molecular formula is C20H21FN6O2. The number of benzene rings is 1. The second kappa shape index (κ2) is 7.88. The van der Waals surface area contributed by atoms with E-state index in [2.05, 4.69) is 15.3 Å². The molecule has 0 bridgehead atoms. The lowest BCUT2D eigenvalue weighted by Crippen LogP contribution is -2.40. The van der Waals surface area contributed by atoms with Gasteiger partial charge in [0.1, 0.15) is 23.8 Å². The Kier molecular flexibility index (Phi) is 5.13. The summed E-state index contributed by atoms with van der Waals surface area (Å²) in [5, 5.41) is 12.9. The molecule has 9 heteroatoms. The van der Waals surface area contributed by atoms with E-state index in [1.54, 1.807) is 47.3 Å². The van der Waals surface area contributed by atoms with Crippen molar-refractivity contribution in [2.75, 3.05) is 23.7 Å². The van der Waals surface area contributed by atoms with Gasteiger partial charge in [0.25, 0.3) is 5.91 Å². The molecule has 150 valence electrons. The quantitative estimate of drug-likeness (QED) is 0.601. The third-order valence-electron chi connectivity index (χ3n) is 4.95. The number of amides is 1. The number of carbonyl (C=O) groups excluding carboxylic acids is 1. The predicted octanol–water partition coefficient (Wildman–Crippen LogP) is 1.36. The van der Waals surface area contributed by atoms with Crippen LogP contribution in [0, 0.1) is 5.82 Å². The van der Waals surface area contributed by atoms with Crippen LogP contribution in [-0.4, -0.2) is 50.8 Å². The number of nitrogens with one attached hydrogen (secondary N) is 1. The summed E-state index contributed by atoms with van der Waals surface area (Å²) in [4.78, 5) is 22.5. The highest BCUT2D eigenvalue weighted by Crippen LogP contribution is 2.24. The Morgan fingerprint density at radius 1 is 1.28 bits per heavy atom. The molecule has 0 radical (unpaired) electrons. The summed E-state index contributed by atoms with van der Waals surface area (Å²) in [6.45, 7) is 0.665. The number of halogens is 1. The van der Waals surface area contributed by atoms with Gasteiger partial charge in [-0.2, -0.15) is 0 Å². The van der Waals surface area contributed by atoms with Crippen LogP contribution in [0.2, 0.25) is 0 Å². The summed E-state index contributed by atoms with van der Waals surface area (Å²) in [5.41, 5.74) is 6.32. The Labute approximate surface area is 166 Å². The molecule has 0 saturated carbocycles. The third-order valence-corrected chi connectivity index (χ3v) is 4.95. The van der Waals surface area contributed by atoms with Gasteiger partial charge in [0, 0.05) is 37.1 Å². The van der Waals surface area contributed by atoms with Crippen LogP contribution in [0.1, 0.15) is 16.8 Å². The number of nitrogen functional groups attached to an aromatic ring is 1. The van der Waals surface area contributed by atoms with Crippen LogP contribution in [0.25, 0.3) is 5.69 Å². The first-order chi connectivity index (χ1) is 14.0. The Morgan fingerprint density at radius 2 is 2.07 bits per heavy atom. The van der Waals surface area contributed by atoms with E-state index in [1.165, 1.54) is 12.4 Å². The first kappa shape index (κ1) is 18.9. The summed E-state index contributed by atoms with van der Waals surface area (Å²) in [6, 6.07) is 9.44. The largest absolute Gasteiger partial charge is 0.391 e. The first-order valence-corrected chi connectivity index (χ1v) is 9.24. The summed E-state index contributed by atoms with van der Waals surface area (Å²) in [6.07, 6.45) is 4.77. The van der Waals surface area contributed by atoms with E-state index in [0.29, 0.717) is 30.3 Å². The number of β-amino-alcohol motifs (C(OH)–C–C–N with tert-alkyl or cyclic N) is 1. The monoisotopic (exact) mass is 396 g/mol. The van der Waals surface area contributed by atoms with Gasteiger partial charge in [-0.1, -0.05) is 0 Å². The normalized spacial score (nSPS) is 18.8. The lowest BCUT2D eigenvalue weighted by atomic mass is 10.1. The molecule has 1 aliphatic heterocycles. The number of aliphatic hydroxyl groups is 1. The Morgan fingerprint density at radius 3 is 2.79 bits per heavy atom. The van der Waals surface area contributed by atoms with E-state index in [-0.39, 0.29) is 24.1 Å². The van der Waals surface area contributed by atoms with E-state index in [1.807, 2.05) is 4.90 Å². The fourth-order valence-electron chi connectivity index (χ4n) is 3.55. The minimum absolute atomic E-state index is 0.160. The number of hydrogen-bond acceptors (Lipinski definition) is 6. The van der Waals surface area contributed by atoms with Gasteiger partial charge in [-0.15, -0.1) is 0 Å². The van der Waals surface area contributed by atoms with Crippen molar-refractivity contribution in [1.29, 1.82) is 0 Å². The first-order valence-electron chi connectivity index (χ1n) is 9.24. The van der Waals surface area contributed by atoms with E-state index >= 15 is 0 Å². The van der Waals surface area contributed by atoms with E-state index in [0.717, 1.165) is 0 Å². The second-order valence-electron chi connectivity index (χ2n) is 6.96. The molecule has 3 heterocycles. The average molecular weight is 396 g/mol. The molecule has 1 aromatic carbocycles. The van der Waals surface area contributed by atoms with Crippen molar-refractivity contribution in [1.82, 2.24) is 19.9 Å². The van der Waals surface area contributed by atoms with Gasteiger partial charge in [0.2, 0.25) is 0 Å². The smallest absolute Gasteiger partial charge is 0.251 e. The number of aromatic nitrogens is 3. The molecule has 2 aromatic heterocycles. The van der Waals surface area contributed by atoms with Gasteiger partial charge in [0.05, 0.1) is 17.8 Å². The fourth-order valence-corrected chi connectivity index (χ4v) is 3.55.